The normalized spacial score (nSPS) is 14.2. The average molecular weight is 510 g/mol. The lowest BCUT2D eigenvalue weighted by Crippen LogP contribution is -2.63. The van der Waals surface area contributed by atoms with Crippen molar-refractivity contribution < 1.29 is 89.3 Å². The van der Waals surface area contributed by atoms with Crippen molar-refractivity contribution in [2.45, 2.75) is 61.6 Å². The van der Waals surface area contributed by atoms with Crippen LogP contribution in [0.1, 0.15) is 0 Å². The van der Waals surface area contributed by atoms with Crippen molar-refractivity contribution in [2.24, 2.45) is 0 Å². The van der Waals surface area contributed by atoms with E-state index in [0.29, 0.717) is 0 Å². The van der Waals surface area contributed by atoms with Gasteiger partial charge in [0.2, 0.25) is 0 Å². The Morgan fingerprint density at radius 2 is 0.677 bits per heavy atom. The van der Waals surface area contributed by atoms with Crippen LogP contribution >= 0.6 is 0 Å². The van der Waals surface area contributed by atoms with E-state index >= 15 is 0 Å². The molecule has 0 aromatic heterocycles. The molecule has 0 amide bonds. The first-order chi connectivity index (χ1) is 13.5. The van der Waals surface area contributed by atoms with Gasteiger partial charge in [-0.25, -0.2) is 39.9 Å². The molecule has 20 heteroatoms. The topological polar surface area (TPSA) is 46.5 Å². The summed E-state index contributed by atoms with van der Waals surface area (Å²) in [6, 6.07) is 0. The molecule has 0 heterocycles. The van der Waals surface area contributed by atoms with E-state index < -0.39 is 67.8 Å². The first-order valence-corrected chi connectivity index (χ1v) is 6.66. The van der Waals surface area contributed by atoms with Gasteiger partial charge in [-0.3, -0.25) is 0 Å². The lowest BCUT2D eigenvalue weighted by atomic mass is 10.0. The molecular formula is C11H7F17O3. The van der Waals surface area contributed by atoms with E-state index in [4.69, 9.17) is 9.90 Å². The zero-order valence-electron chi connectivity index (χ0n) is 13.7. The molecule has 0 bridgehead atoms. The summed E-state index contributed by atoms with van der Waals surface area (Å²) in [6.45, 7) is 0. The summed E-state index contributed by atoms with van der Waals surface area (Å²) in [5.41, 5.74) is 0. The third-order valence-corrected chi connectivity index (χ3v) is 2.83. The number of hydrogen-bond donors (Lipinski definition) is 1. The van der Waals surface area contributed by atoms with Gasteiger partial charge < -0.3 is 9.84 Å². The van der Waals surface area contributed by atoms with Gasteiger partial charge in [0.25, 0.3) is 0 Å². The van der Waals surface area contributed by atoms with Crippen molar-refractivity contribution in [3.8, 4) is 0 Å². The predicted molar refractivity (Wildman–Crippen MR) is 61.6 cm³/mol. The van der Waals surface area contributed by atoms with Crippen LogP contribution in [0.5, 0.6) is 0 Å². The van der Waals surface area contributed by atoms with Crippen molar-refractivity contribution in [2.75, 3.05) is 0 Å². The van der Waals surface area contributed by atoms with E-state index in [-0.39, 0.29) is 0 Å². The summed E-state index contributed by atoms with van der Waals surface area (Å²) >= 11 is 0. The number of hydrogen-bond acceptors (Lipinski definition) is 2. The highest BCUT2D eigenvalue weighted by Gasteiger charge is 2.71. The van der Waals surface area contributed by atoms with Gasteiger partial charge >= 0.3 is 55.6 Å². The fourth-order valence-electron chi connectivity index (χ4n) is 1.47. The van der Waals surface area contributed by atoms with Crippen molar-refractivity contribution in [1.29, 1.82) is 0 Å². The Hall–Kier alpha value is -1.76. The third kappa shape index (κ3) is 7.70. The maximum atomic E-state index is 13.1. The van der Waals surface area contributed by atoms with Crippen LogP contribution in [0.2, 0.25) is 0 Å². The quantitative estimate of drug-likeness (QED) is 0.291. The molecule has 0 saturated heterocycles. The molecule has 0 rings (SSSR count). The highest BCUT2D eigenvalue weighted by atomic mass is 19.3. The van der Waals surface area contributed by atoms with Gasteiger partial charge in [0.05, 0.1) is 0 Å². The fraction of sp³-hybridized carbons (Fsp3) is 0.909. The molecule has 0 aromatic rings. The van der Waals surface area contributed by atoms with Gasteiger partial charge in [-0.2, -0.15) is 35.1 Å². The number of carbonyl (C=O) groups is 1. The minimum atomic E-state index is -6.62. The third-order valence-electron chi connectivity index (χ3n) is 2.83. The molecule has 0 aliphatic rings. The smallest absolute Gasteiger partial charge is 0.456 e. The van der Waals surface area contributed by atoms with Gasteiger partial charge in [0.15, 0.2) is 12.2 Å². The van der Waals surface area contributed by atoms with Gasteiger partial charge in [-0.1, -0.05) is 0 Å². The molecule has 0 aromatic carbocycles. The molecule has 0 fully saturated rings. The fourth-order valence-corrected chi connectivity index (χ4v) is 1.47. The maximum Gasteiger partial charge on any atom is 0.492 e. The van der Waals surface area contributed by atoms with Crippen molar-refractivity contribution in [1.82, 2.24) is 0 Å². The zero-order valence-corrected chi connectivity index (χ0v) is 13.7. The lowest BCUT2D eigenvalue weighted by molar-refractivity contribution is -0.364. The molecule has 1 N–H and O–H groups in total. The molecule has 0 radical (unpaired) electrons. The second-order valence-corrected chi connectivity index (χ2v) is 5.05. The molecule has 0 aliphatic heterocycles. The van der Waals surface area contributed by atoms with Crippen LogP contribution < -0.4 is 0 Å². The summed E-state index contributed by atoms with van der Waals surface area (Å²) in [5, 5.41) is 6.75. The highest BCUT2D eigenvalue weighted by Crippen LogP contribution is 2.47. The zero-order chi connectivity index (χ0) is 25.7. The largest absolute Gasteiger partial charge is 0.492 e. The van der Waals surface area contributed by atoms with E-state index in [0.717, 1.165) is 0 Å². The van der Waals surface area contributed by atoms with Crippen molar-refractivity contribution in [3.05, 3.63) is 0 Å². The summed E-state index contributed by atoms with van der Waals surface area (Å²) in [5.74, 6) is -26.5. The van der Waals surface area contributed by atoms with Gasteiger partial charge in [0.1, 0.15) is 0 Å². The Bertz CT molecular complexity index is 478. The van der Waals surface area contributed by atoms with Crippen LogP contribution in [-0.2, 0) is 4.74 Å². The van der Waals surface area contributed by atoms with Crippen molar-refractivity contribution in [3.63, 3.8) is 0 Å². The summed E-state index contributed by atoms with van der Waals surface area (Å²) < 4.78 is 214. The molecule has 0 aliphatic carbocycles. The van der Waals surface area contributed by atoms with Crippen LogP contribution in [0.4, 0.5) is 79.4 Å². The van der Waals surface area contributed by atoms with Crippen LogP contribution in [0.15, 0.2) is 0 Å². The number of rotatable bonds is 10. The molecule has 0 atom stereocenters. The van der Waals surface area contributed by atoms with Crippen molar-refractivity contribution >= 4 is 6.22 Å². The monoisotopic (exact) mass is 510 g/mol. The number of ether oxygens (including phenoxy) is 1. The Morgan fingerprint density at radius 3 is 0.774 bits per heavy atom. The van der Waals surface area contributed by atoms with E-state index in [9.17, 15) is 74.6 Å². The van der Waals surface area contributed by atoms with Crippen LogP contribution in [-0.4, -0.2) is 72.9 Å². The minimum absolute atomic E-state index is 2.33. The Kier molecular flexibility index (Phi) is 10.9. The van der Waals surface area contributed by atoms with E-state index in [1.807, 2.05) is 0 Å². The summed E-state index contributed by atoms with van der Waals surface area (Å²) in [7, 11) is 0. The molecule has 0 spiro atoms. The first-order valence-electron chi connectivity index (χ1n) is 6.66. The van der Waals surface area contributed by atoms with Gasteiger partial charge in [-0.05, 0) is 0 Å². The average Bonchev–Trinajstić information content (AvgIpc) is 2.52. The predicted octanol–water partition coefficient (Wildman–Crippen LogP) is 5.98. The van der Waals surface area contributed by atoms with Crippen LogP contribution in [0.25, 0.3) is 0 Å². The van der Waals surface area contributed by atoms with Crippen LogP contribution in [0.3, 0.4) is 0 Å². The maximum absolute atomic E-state index is 13.1. The number of alkyl halides is 16. The molecule has 188 valence electrons. The number of carboxylic acid groups (broad SMARTS) is 1. The Morgan fingerprint density at radius 1 is 0.548 bits per heavy atom. The molecule has 31 heavy (non-hydrogen) atoms. The van der Waals surface area contributed by atoms with E-state index in [1.165, 1.54) is 0 Å². The summed E-state index contributed by atoms with van der Waals surface area (Å²) in [4.78, 5) is 8.33. The second kappa shape index (κ2) is 10.7. The molecule has 3 nitrogen and oxygen atoms in total. The summed E-state index contributed by atoms with van der Waals surface area (Å²) in [6.07, 6.45) is -35.3. The van der Waals surface area contributed by atoms with Crippen LogP contribution in [0, 0.1) is 0 Å². The SMILES string of the molecule is FC(F)C(F)(F)C(OC(C(F)(F)C(F)F)C(F)(F)C(F)F)C(F)(F)C(F)F.O=C(O)F. The molecule has 0 unspecified atom stereocenters. The Balaban J connectivity index is 0. The van der Waals surface area contributed by atoms with E-state index in [2.05, 4.69) is 4.74 Å². The lowest BCUT2D eigenvalue weighted by Gasteiger charge is -2.39. The standard InChI is InChI=1S/C10H6F16O.CHFO2/c11-3(12)7(19,20)1(8(21,22)4(13)14)27-2(9(23,24)5(15)16)10(25,26)6(17)18;2-1(3)4/h1-6H;(H,3,4). The molecular weight excluding hydrogens is 503 g/mol. The number of halogens is 17. The van der Waals surface area contributed by atoms with Gasteiger partial charge in [-0.15, -0.1) is 4.39 Å². The van der Waals surface area contributed by atoms with Gasteiger partial charge in [0, 0.05) is 0 Å². The molecule has 0 saturated carbocycles. The second-order valence-electron chi connectivity index (χ2n) is 5.05. The minimum Gasteiger partial charge on any atom is -0.456 e. The Labute approximate surface area is 158 Å². The first kappa shape index (κ1) is 31.4. The van der Waals surface area contributed by atoms with E-state index in [1.54, 1.807) is 0 Å². The highest BCUT2D eigenvalue weighted by molar-refractivity contribution is 5.54.